The van der Waals surface area contributed by atoms with Gasteiger partial charge in [0.1, 0.15) is 5.60 Å². The number of nitrogens with zero attached hydrogens (tertiary/aromatic N) is 2. The van der Waals surface area contributed by atoms with Gasteiger partial charge in [0.05, 0.1) is 5.69 Å². The molecule has 0 aliphatic carbocycles. The van der Waals surface area contributed by atoms with Gasteiger partial charge in [0, 0.05) is 43.4 Å². The molecule has 1 amide bonds. The standard InChI is InChI=1S/C17H32N4O2/c1-12(9-19-15(22)23-17(5,6)7)18-10-13-11-21(8)20-14(13)16(2,3)4/h11-12,18H,9-10H2,1-8H3,(H,19,22). The summed E-state index contributed by atoms with van der Waals surface area (Å²) in [6.45, 7) is 15.3. The Labute approximate surface area is 140 Å². The maximum absolute atomic E-state index is 11.7. The van der Waals surface area contributed by atoms with Gasteiger partial charge in [-0.1, -0.05) is 20.8 Å². The first kappa shape index (κ1) is 19.5. The van der Waals surface area contributed by atoms with Crippen LogP contribution in [0.1, 0.15) is 59.7 Å². The average molecular weight is 324 g/mol. The molecule has 0 spiro atoms. The topological polar surface area (TPSA) is 68.2 Å². The second-order valence-electron chi connectivity index (χ2n) is 8.09. The second-order valence-corrected chi connectivity index (χ2v) is 8.09. The van der Waals surface area contributed by atoms with E-state index in [0.717, 1.165) is 12.2 Å². The zero-order chi connectivity index (χ0) is 17.8. The fraction of sp³-hybridized carbons (Fsp3) is 0.765. The molecule has 6 heteroatoms. The van der Waals surface area contributed by atoms with E-state index < -0.39 is 5.60 Å². The molecule has 1 unspecified atom stereocenters. The molecule has 1 aromatic heterocycles. The Hall–Kier alpha value is -1.56. The summed E-state index contributed by atoms with van der Waals surface area (Å²) in [5.41, 5.74) is 1.82. The Balaban J connectivity index is 2.48. The summed E-state index contributed by atoms with van der Waals surface area (Å²) in [6.07, 6.45) is 1.66. The van der Waals surface area contributed by atoms with E-state index in [9.17, 15) is 4.79 Å². The highest BCUT2D eigenvalue weighted by atomic mass is 16.6. The highest BCUT2D eigenvalue weighted by Gasteiger charge is 2.22. The van der Waals surface area contributed by atoms with Crippen molar-refractivity contribution in [3.05, 3.63) is 17.5 Å². The van der Waals surface area contributed by atoms with Gasteiger partial charge >= 0.3 is 6.09 Å². The Bertz CT molecular complexity index is 524. The molecule has 0 fully saturated rings. The van der Waals surface area contributed by atoms with Gasteiger partial charge in [0.2, 0.25) is 0 Å². The summed E-state index contributed by atoms with van der Waals surface area (Å²) in [7, 11) is 1.94. The van der Waals surface area contributed by atoms with Gasteiger partial charge < -0.3 is 15.4 Å². The molecule has 0 saturated heterocycles. The van der Waals surface area contributed by atoms with Crippen LogP contribution in [0.3, 0.4) is 0 Å². The first-order valence-corrected chi connectivity index (χ1v) is 8.12. The summed E-state index contributed by atoms with van der Waals surface area (Å²) in [6, 6.07) is 0.135. The number of carbonyl (C=O) groups excluding carboxylic acids is 1. The van der Waals surface area contributed by atoms with Gasteiger partial charge in [-0.2, -0.15) is 5.10 Å². The normalized spacial score (nSPS) is 13.7. The lowest BCUT2D eigenvalue weighted by Crippen LogP contribution is -2.41. The van der Waals surface area contributed by atoms with Crippen molar-refractivity contribution in [2.24, 2.45) is 7.05 Å². The molecule has 1 rings (SSSR count). The van der Waals surface area contributed by atoms with Crippen molar-refractivity contribution in [2.45, 2.75) is 72.1 Å². The number of nitrogens with one attached hydrogen (secondary N) is 2. The lowest BCUT2D eigenvalue weighted by Gasteiger charge is -2.21. The van der Waals surface area contributed by atoms with Gasteiger partial charge in [-0.25, -0.2) is 4.79 Å². The maximum Gasteiger partial charge on any atom is 0.407 e. The van der Waals surface area contributed by atoms with Gasteiger partial charge in [0.25, 0.3) is 0 Å². The summed E-state index contributed by atoms with van der Waals surface area (Å²) in [4.78, 5) is 11.7. The highest BCUT2D eigenvalue weighted by molar-refractivity contribution is 5.67. The molecule has 0 saturated carbocycles. The molecule has 1 atom stereocenters. The minimum Gasteiger partial charge on any atom is -0.444 e. The molecular weight excluding hydrogens is 292 g/mol. The lowest BCUT2D eigenvalue weighted by molar-refractivity contribution is 0.0523. The van der Waals surface area contributed by atoms with Crippen molar-refractivity contribution in [3.63, 3.8) is 0 Å². The van der Waals surface area contributed by atoms with Crippen LogP contribution in [0.2, 0.25) is 0 Å². The quantitative estimate of drug-likeness (QED) is 0.874. The van der Waals surface area contributed by atoms with Gasteiger partial charge in [-0.05, 0) is 27.7 Å². The molecular formula is C17H32N4O2. The Morgan fingerprint density at radius 1 is 1.30 bits per heavy atom. The Morgan fingerprint density at radius 3 is 2.43 bits per heavy atom. The molecule has 132 valence electrons. The molecule has 0 aliphatic heterocycles. The molecule has 0 radical (unpaired) electrons. The summed E-state index contributed by atoms with van der Waals surface area (Å²) in [5, 5.41) is 10.8. The predicted octanol–water partition coefficient (Wildman–Crippen LogP) is 2.72. The first-order chi connectivity index (χ1) is 10.4. The number of aryl methyl sites for hydroxylation is 1. The Morgan fingerprint density at radius 2 is 1.91 bits per heavy atom. The van der Waals surface area contributed by atoms with E-state index in [1.54, 1.807) is 0 Å². The molecule has 23 heavy (non-hydrogen) atoms. The number of hydrogen-bond acceptors (Lipinski definition) is 4. The molecule has 1 heterocycles. The summed E-state index contributed by atoms with van der Waals surface area (Å²) < 4.78 is 7.08. The Kier molecular flexibility index (Phi) is 6.22. The van der Waals surface area contributed by atoms with Crippen molar-refractivity contribution in [1.29, 1.82) is 0 Å². The first-order valence-electron chi connectivity index (χ1n) is 8.12. The second kappa shape index (κ2) is 7.34. The average Bonchev–Trinajstić information content (AvgIpc) is 2.73. The van der Waals surface area contributed by atoms with Crippen LogP contribution in [0.25, 0.3) is 0 Å². The van der Waals surface area contributed by atoms with Crippen LogP contribution in [-0.4, -0.2) is 34.1 Å². The van der Waals surface area contributed by atoms with Gasteiger partial charge in [0.15, 0.2) is 0 Å². The third kappa shape index (κ3) is 7.03. The smallest absolute Gasteiger partial charge is 0.407 e. The zero-order valence-electron chi connectivity index (χ0n) is 15.8. The third-order valence-corrected chi connectivity index (χ3v) is 3.21. The number of alkyl carbamates (subject to hydrolysis) is 1. The van der Waals surface area contributed by atoms with Crippen LogP contribution in [0.5, 0.6) is 0 Å². The van der Waals surface area contributed by atoms with Crippen molar-refractivity contribution in [1.82, 2.24) is 20.4 Å². The van der Waals surface area contributed by atoms with Crippen LogP contribution in [0, 0.1) is 0 Å². The van der Waals surface area contributed by atoms with E-state index in [1.807, 2.05) is 45.6 Å². The van der Waals surface area contributed by atoms with E-state index in [2.05, 4.69) is 36.5 Å². The van der Waals surface area contributed by atoms with Crippen LogP contribution in [0.4, 0.5) is 4.79 Å². The molecule has 0 aliphatic rings. The number of carbonyl (C=O) groups is 1. The van der Waals surface area contributed by atoms with Gasteiger partial charge in [-0.15, -0.1) is 0 Å². The number of amides is 1. The van der Waals surface area contributed by atoms with E-state index in [1.165, 1.54) is 5.56 Å². The molecule has 2 N–H and O–H groups in total. The number of hydrogen-bond donors (Lipinski definition) is 2. The number of ether oxygens (including phenoxy) is 1. The SMILES string of the molecule is CC(CNC(=O)OC(C)(C)C)NCc1cn(C)nc1C(C)(C)C. The third-order valence-electron chi connectivity index (χ3n) is 3.21. The van der Waals surface area contributed by atoms with E-state index >= 15 is 0 Å². The maximum atomic E-state index is 11.7. The minimum absolute atomic E-state index is 0.0102. The van der Waals surface area contributed by atoms with E-state index in [4.69, 9.17) is 4.74 Å². The molecule has 0 bridgehead atoms. The van der Waals surface area contributed by atoms with Crippen LogP contribution >= 0.6 is 0 Å². The van der Waals surface area contributed by atoms with Crippen molar-refractivity contribution in [3.8, 4) is 0 Å². The fourth-order valence-electron chi connectivity index (χ4n) is 2.21. The van der Waals surface area contributed by atoms with Gasteiger partial charge in [-0.3, -0.25) is 4.68 Å². The van der Waals surface area contributed by atoms with Crippen LogP contribution in [0.15, 0.2) is 6.20 Å². The van der Waals surface area contributed by atoms with Crippen molar-refractivity contribution in [2.75, 3.05) is 6.54 Å². The number of aromatic nitrogens is 2. The minimum atomic E-state index is -0.474. The predicted molar refractivity (Wildman–Crippen MR) is 92.4 cm³/mol. The van der Waals surface area contributed by atoms with Crippen LogP contribution in [-0.2, 0) is 23.7 Å². The fourth-order valence-corrected chi connectivity index (χ4v) is 2.21. The van der Waals surface area contributed by atoms with Crippen molar-refractivity contribution < 1.29 is 9.53 Å². The zero-order valence-corrected chi connectivity index (χ0v) is 15.8. The summed E-state index contributed by atoms with van der Waals surface area (Å²) >= 11 is 0. The van der Waals surface area contributed by atoms with Crippen LogP contribution < -0.4 is 10.6 Å². The monoisotopic (exact) mass is 324 g/mol. The molecule has 1 aromatic rings. The largest absolute Gasteiger partial charge is 0.444 e. The lowest BCUT2D eigenvalue weighted by atomic mass is 9.89. The highest BCUT2D eigenvalue weighted by Crippen LogP contribution is 2.24. The molecule has 6 nitrogen and oxygen atoms in total. The van der Waals surface area contributed by atoms with E-state index in [-0.39, 0.29) is 17.6 Å². The molecule has 0 aromatic carbocycles. The number of rotatable bonds is 5. The van der Waals surface area contributed by atoms with E-state index in [0.29, 0.717) is 6.54 Å². The summed E-state index contributed by atoms with van der Waals surface area (Å²) in [5.74, 6) is 0. The van der Waals surface area contributed by atoms with Crippen molar-refractivity contribution >= 4 is 6.09 Å².